The maximum absolute atomic E-state index is 12.0. The van der Waals surface area contributed by atoms with Gasteiger partial charge in [-0.15, -0.1) is 0 Å². The summed E-state index contributed by atoms with van der Waals surface area (Å²) in [5.74, 6) is 0.835. The highest BCUT2D eigenvalue weighted by molar-refractivity contribution is 5.85. The lowest BCUT2D eigenvalue weighted by atomic mass is 10.1. The first-order chi connectivity index (χ1) is 11.7. The first kappa shape index (κ1) is 16.1. The summed E-state index contributed by atoms with van der Waals surface area (Å²) in [7, 11) is 0. The quantitative estimate of drug-likeness (QED) is 0.700. The van der Waals surface area contributed by atoms with Gasteiger partial charge in [0.1, 0.15) is 12.4 Å². The zero-order valence-electron chi connectivity index (χ0n) is 13.8. The third-order valence-corrected chi connectivity index (χ3v) is 3.89. The molecule has 0 atom stereocenters. The minimum Gasteiger partial charge on any atom is -0.492 e. The van der Waals surface area contributed by atoms with Crippen molar-refractivity contribution in [3.05, 3.63) is 77.9 Å². The van der Waals surface area contributed by atoms with E-state index in [-0.39, 0.29) is 5.91 Å². The van der Waals surface area contributed by atoms with Crippen LogP contribution in [0.2, 0.25) is 0 Å². The molecule has 24 heavy (non-hydrogen) atoms. The van der Waals surface area contributed by atoms with Gasteiger partial charge in [-0.2, -0.15) is 0 Å². The van der Waals surface area contributed by atoms with E-state index < -0.39 is 0 Å². The van der Waals surface area contributed by atoms with E-state index in [0.717, 1.165) is 16.7 Å². The second-order valence-corrected chi connectivity index (χ2v) is 5.87. The molecule has 122 valence electrons. The Morgan fingerprint density at radius 2 is 1.71 bits per heavy atom. The fourth-order valence-corrected chi connectivity index (χ4v) is 2.59. The lowest BCUT2D eigenvalue weighted by Gasteiger charge is -2.08. The van der Waals surface area contributed by atoms with Crippen molar-refractivity contribution in [2.45, 2.75) is 13.3 Å². The van der Waals surface area contributed by atoms with Crippen molar-refractivity contribution in [1.29, 1.82) is 0 Å². The highest BCUT2D eigenvalue weighted by Crippen LogP contribution is 2.16. The van der Waals surface area contributed by atoms with Gasteiger partial charge in [0, 0.05) is 0 Å². The highest BCUT2D eigenvalue weighted by atomic mass is 16.5. The molecule has 0 radical (unpaired) electrons. The van der Waals surface area contributed by atoms with Gasteiger partial charge in [0.25, 0.3) is 0 Å². The zero-order chi connectivity index (χ0) is 16.8. The van der Waals surface area contributed by atoms with Gasteiger partial charge in [0.15, 0.2) is 0 Å². The molecular weight excluding hydrogens is 298 g/mol. The van der Waals surface area contributed by atoms with Gasteiger partial charge in [-0.3, -0.25) is 4.79 Å². The van der Waals surface area contributed by atoms with E-state index in [9.17, 15) is 4.79 Å². The molecule has 3 aromatic rings. The number of nitrogens with one attached hydrogen (secondary N) is 1. The molecule has 1 N–H and O–H groups in total. The molecule has 1 amide bonds. The van der Waals surface area contributed by atoms with E-state index >= 15 is 0 Å². The fraction of sp³-hybridized carbons (Fsp3) is 0.190. The summed E-state index contributed by atoms with van der Waals surface area (Å²) in [6.07, 6.45) is 0.384. The van der Waals surface area contributed by atoms with Crippen LogP contribution in [-0.4, -0.2) is 19.1 Å². The minimum atomic E-state index is 0.0118. The maximum atomic E-state index is 12.0. The van der Waals surface area contributed by atoms with Crippen molar-refractivity contribution in [2.24, 2.45) is 0 Å². The summed E-state index contributed by atoms with van der Waals surface area (Å²) in [6.45, 7) is 3.00. The van der Waals surface area contributed by atoms with Crippen LogP contribution in [-0.2, 0) is 11.2 Å². The van der Waals surface area contributed by atoms with Gasteiger partial charge in [0.2, 0.25) is 5.91 Å². The Morgan fingerprint density at radius 3 is 2.50 bits per heavy atom. The second kappa shape index (κ2) is 7.64. The number of hydrogen-bond donors (Lipinski definition) is 1. The molecule has 3 aromatic carbocycles. The molecule has 0 saturated heterocycles. The predicted molar refractivity (Wildman–Crippen MR) is 97.3 cm³/mol. The SMILES string of the molecule is Cc1ccc(OCCNC(=O)Cc2ccc3ccccc3c2)cc1. The average Bonchev–Trinajstić information content (AvgIpc) is 2.60. The molecule has 0 aromatic heterocycles. The molecule has 3 heteroatoms. The Balaban J connectivity index is 1.45. The lowest BCUT2D eigenvalue weighted by Crippen LogP contribution is -2.29. The van der Waals surface area contributed by atoms with Crippen LogP contribution in [0, 0.1) is 6.92 Å². The molecular formula is C21H21NO2. The van der Waals surface area contributed by atoms with Crippen molar-refractivity contribution in [2.75, 3.05) is 13.2 Å². The molecule has 3 rings (SSSR count). The van der Waals surface area contributed by atoms with Crippen LogP contribution < -0.4 is 10.1 Å². The highest BCUT2D eigenvalue weighted by Gasteiger charge is 2.04. The van der Waals surface area contributed by atoms with Crippen LogP contribution in [0.3, 0.4) is 0 Å². The van der Waals surface area contributed by atoms with Gasteiger partial charge in [0.05, 0.1) is 13.0 Å². The average molecular weight is 319 g/mol. The predicted octanol–water partition coefficient (Wildman–Crippen LogP) is 3.89. The van der Waals surface area contributed by atoms with E-state index in [4.69, 9.17) is 4.74 Å². The standard InChI is InChI=1S/C21H21NO2/c1-16-6-10-20(11-7-16)24-13-12-22-21(23)15-17-8-9-18-4-2-3-5-19(18)14-17/h2-11,14H,12-13,15H2,1H3,(H,22,23). The van der Waals surface area contributed by atoms with Crippen molar-refractivity contribution >= 4 is 16.7 Å². The van der Waals surface area contributed by atoms with Gasteiger partial charge in [-0.1, -0.05) is 60.2 Å². The lowest BCUT2D eigenvalue weighted by molar-refractivity contribution is -0.120. The smallest absolute Gasteiger partial charge is 0.224 e. The summed E-state index contributed by atoms with van der Waals surface area (Å²) in [5.41, 5.74) is 2.22. The number of ether oxygens (including phenoxy) is 1. The van der Waals surface area contributed by atoms with Gasteiger partial charge >= 0.3 is 0 Å². The normalized spacial score (nSPS) is 10.5. The van der Waals surface area contributed by atoms with Crippen LogP contribution in [0.15, 0.2) is 66.7 Å². The van der Waals surface area contributed by atoms with E-state index in [1.165, 1.54) is 10.9 Å². The molecule has 0 aliphatic rings. The molecule has 0 aliphatic carbocycles. The van der Waals surface area contributed by atoms with E-state index in [1.807, 2.05) is 49.4 Å². The summed E-state index contributed by atoms with van der Waals surface area (Å²) < 4.78 is 5.60. The number of rotatable bonds is 6. The third-order valence-electron chi connectivity index (χ3n) is 3.89. The van der Waals surface area contributed by atoms with Crippen molar-refractivity contribution in [3.63, 3.8) is 0 Å². The Kier molecular flexibility index (Phi) is 5.12. The fourth-order valence-electron chi connectivity index (χ4n) is 2.59. The molecule has 0 bridgehead atoms. The Bertz CT molecular complexity index is 825. The molecule has 0 heterocycles. The summed E-state index contributed by atoms with van der Waals surface area (Å²) in [6, 6.07) is 22.2. The molecule has 0 spiro atoms. The molecule has 0 saturated carbocycles. The van der Waals surface area contributed by atoms with Crippen LogP contribution in [0.25, 0.3) is 10.8 Å². The van der Waals surface area contributed by atoms with Gasteiger partial charge in [-0.05, 0) is 35.4 Å². The molecule has 3 nitrogen and oxygen atoms in total. The Morgan fingerprint density at radius 1 is 0.958 bits per heavy atom. The Labute approximate surface area is 142 Å². The van der Waals surface area contributed by atoms with Crippen molar-refractivity contribution < 1.29 is 9.53 Å². The number of aryl methyl sites for hydroxylation is 1. The monoisotopic (exact) mass is 319 g/mol. The number of hydrogen-bond acceptors (Lipinski definition) is 2. The summed E-state index contributed by atoms with van der Waals surface area (Å²) >= 11 is 0. The maximum Gasteiger partial charge on any atom is 0.224 e. The molecule has 0 unspecified atom stereocenters. The number of carbonyl (C=O) groups excluding carboxylic acids is 1. The minimum absolute atomic E-state index is 0.0118. The third kappa shape index (κ3) is 4.35. The van der Waals surface area contributed by atoms with Gasteiger partial charge < -0.3 is 10.1 Å². The molecule has 0 aliphatic heterocycles. The van der Waals surface area contributed by atoms with Gasteiger partial charge in [-0.25, -0.2) is 0 Å². The van der Waals surface area contributed by atoms with Crippen LogP contribution in [0.5, 0.6) is 5.75 Å². The summed E-state index contributed by atoms with van der Waals surface area (Å²) in [4.78, 5) is 12.0. The number of carbonyl (C=O) groups is 1. The largest absolute Gasteiger partial charge is 0.492 e. The zero-order valence-corrected chi connectivity index (χ0v) is 13.8. The van der Waals surface area contributed by atoms with Crippen LogP contribution in [0.1, 0.15) is 11.1 Å². The molecule has 0 fully saturated rings. The summed E-state index contributed by atoms with van der Waals surface area (Å²) in [5, 5.41) is 5.24. The van der Waals surface area contributed by atoms with E-state index in [0.29, 0.717) is 19.6 Å². The number of fused-ring (bicyclic) bond motifs is 1. The Hall–Kier alpha value is -2.81. The van der Waals surface area contributed by atoms with Crippen molar-refractivity contribution in [1.82, 2.24) is 5.32 Å². The first-order valence-corrected chi connectivity index (χ1v) is 8.14. The second-order valence-electron chi connectivity index (χ2n) is 5.87. The van der Waals surface area contributed by atoms with Crippen LogP contribution >= 0.6 is 0 Å². The van der Waals surface area contributed by atoms with Crippen LogP contribution in [0.4, 0.5) is 0 Å². The van der Waals surface area contributed by atoms with E-state index in [2.05, 4.69) is 29.6 Å². The van der Waals surface area contributed by atoms with E-state index in [1.54, 1.807) is 0 Å². The topological polar surface area (TPSA) is 38.3 Å². The van der Waals surface area contributed by atoms with Crippen molar-refractivity contribution in [3.8, 4) is 5.75 Å². The number of amides is 1. The first-order valence-electron chi connectivity index (χ1n) is 8.14. The number of benzene rings is 3.